The van der Waals surface area contributed by atoms with Crippen LogP contribution < -0.4 is 4.74 Å². The van der Waals surface area contributed by atoms with Gasteiger partial charge in [0.1, 0.15) is 17.3 Å². The second-order valence-corrected chi connectivity index (χ2v) is 7.24. The zero-order valence-electron chi connectivity index (χ0n) is 16.8. The van der Waals surface area contributed by atoms with Crippen molar-refractivity contribution in [3.63, 3.8) is 0 Å². The molecule has 148 valence electrons. The smallest absolute Gasteiger partial charge is 0.123 e. The molecule has 0 fully saturated rings. The average Bonchev–Trinajstić information content (AvgIpc) is 3.15. The van der Waals surface area contributed by atoms with Crippen LogP contribution >= 0.6 is 0 Å². The highest BCUT2D eigenvalue weighted by Crippen LogP contribution is 2.34. The van der Waals surface area contributed by atoms with Gasteiger partial charge in [0, 0.05) is 22.5 Å². The molecule has 30 heavy (non-hydrogen) atoms. The largest absolute Gasteiger partial charge is 0.494 e. The summed E-state index contributed by atoms with van der Waals surface area (Å²) in [5.41, 5.74) is 5.60. The Labute approximate surface area is 173 Å². The van der Waals surface area contributed by atoms with Crippen LogP contribution in [0.4, 0.5) is 4.39 Å². The first kappa shape index (κ1) is 18.3. The number of hydrogen-bond acceptors (Lipinski definition) is 3. The Hall–Kier alpha value is -3.73. The van der Waals surface area contributed by atoms with Gasteiger partial charge in [0.15, 0.2) is 0 Å². The van der Waals surface area contributed by atoms with Crippen LogP contribution in [0.1, 0.15) is 12.5 Å². The van der Waals surface area contributed by atoms with Gasteiger partial charge in [-0.15, -0.1) is 0 Å². The average molecular weight is 397 g/mol. The molecule has 0 aliphatic heterocycles. The lowest BCUT2D eigenvalue weighted by Gasteiger charge is -2.06. The Morgan fingerprint density at radius 2 is 1.70 bits per heavy atom. The molecule has 2 aromatic heterocycles. The van der Waals surface area contributed by atoms with Gasteiger partial charge in [-0.2, -0.15) is 5.10 Å². The molecule has 5 aromatic rings. The summed E-state index contributed by atoms with van der Waals surface area (Å²) in [5.74, 6) is 0.548. The molecule has 3 aromatic carbocycles. The van der Waals surface area contributed by atoms with Gasteiger partial charge in [-0.1, -0.05) is 11.6 Å². The van der Waals surface area contributed by atoms with Gasteiger partial charge >= 0.3 is 0 Å². The number of pyridine rings is 1. The summed E-state index contributed by atoms with van der Waals surface area (Å²) in [6, 6.07) is 20.5. The second kappa shape index (κ2) is 7.26. The maximum Gasteiger partial charge on any atom is 0.123 e. The van der Waals surface area contributed by atoms with Crippen molar-refractivity contribution in [1.29, 1.82) is 0 Å². The van der Waals surface area contributed by atoms with E-state index in [4.69, 9.17) is 9.84 Å². The summed E-state index contributed by atoms with van der Waals surface area (Å²) in [6.07, 6.45) is 1.87. The highest BCUT2D eigenvalue weighted by Gasteiger charge is 2.17. The van der Waals surface area contributed by atoms with Gasteiger partial charge < -0.3 is 4.74 Å². The lowest BCUT2D eigenvalue weighted by Crippen LogP contribution is -1.97. The Morgan fingerprint density at radius 1 is 0.933 bits per heavy atom. The number of nitrogens with zero attached hydrogens (tertiary/aromatic N) is 3. The summed E-state index contributed by atoms with van der Waals surface area (Å²) >= 11 is 0. The molecule has 0 atom stereocenters. The molecule has 0 aliphatic rings. The van der Waals surface area contributed by atoms with Crippen molar-refractivity contribution in [3.05, 3.63) is 84.3 Å². The molecule has 2 heterocycles. The zero-order valence-corrected chi connectivity index (χ0v) is 16.8. The zero-order chi connectivity index (χ0) is 20.7. The number of ether oxygens (including phenoxy) is 1. The summed E-state index contributed by atoms with van der Waals surface area (Å²) < 4.78 is 21.0. The lowest BCUT2D eigenvalue weighted by molar-refractivity contribution is 0.340. The van der Waals surface area contributed by atoms with Crippen molar-refractivity contribution in [3.8, 4) is 22.7 Å². The van der Waals surface area contributed by atoms with E-state index in [9.17, 15) is 4.39 Å². The van der Waals surface area contributed by atoms with Crippen molar-refractivity contribution < 1.29 is 9.13 Å². The van der Waals surface area contributed by atoms with Crippen molar-refractivity contribution >= 4 is 21.8 Å². The monoisotopic (exact) mass is 397 g/mol. The summed E-state index contributed by atoms with van der Waals surface area (Å²) in [4.78, 5) is 4.67. The van der Waals surface area contributed by atoms with E-state index >= 15 is 0 Å². The molecular weight excluding hydrogens is 377 g/mol. The molecule has 5 heteroatoms. The summed E-state index contributed by atoms with van der Waals surface area (Å²) in [5, 5.41) is 6.89. The molecular formula is C25H20FN3O. The van der Waals surface area contributed by atoms with Gasteiger partial charge in [-0.3, -0.25) is 4.98 Å². The van der Waals surface area contributed by atoms with Crippen LogP contribution in [-0.4, -0.2) is 21.4 Å². The van der Waals surface area contributed by atoms with E-state index in [2.05, 4.69) is 18.0 Å². The summed E-state index contributed by atoms with van der Waals surface area (Å²) in [7, 11) is 0. The van der Waals surface area contributed by atoms with E-state index in [0.29, 0.717) is 6.61 Å². The third-order valence-electron chi connectivity index (χ3n) is 5.17. The van der Waals surface area contributed by atoms with E-state index in [-0.39, 0.29) is 5.82 Å². The van der Waals surface area contributed by atoms with E-state index in [1.165, 1.54) is 12.1 Å². The number of aryl methyl sites for hydroxylation is 1. The number of halogens is 1. The van der Waals surface area contributed by atoms with Crippen molar-refractivity contribution in [1.82, 2.24) is 14.8 Å². The SMILES string of the molecule is CCOc1ccc(-c2nn(-c3ccc(F)cc3)c3c2cnc2ccc(C)cc23)cc1. The number of rotatable bonds is 4. The predicted octanol–water partition coefficient (Wildman–Crippen LogP) is 6.09. The van der Waals surface area contributed by atoms with Gasteiger partial charge in [-0.05, 0) is 74.5 Å². The van der Waals surface area contributed by atoms with Crippen molar-refractivity contribution in [2.45, 2.75) is 13.8 Å². The minimum Gasteiger partial charge on any atom is -0.494 e. The molecule has 0 saturated carbocycles. The van der Waals surface area contributed by atoms with E-state index in [0.717, 1.165) is 50.1 Å². The number of hydrogen-bond donors (Lipinski definition) is 0. The Kier molecular flexibility index (Phi) is 4.43. The van der Waals surface area contributed by atoms with Crippen LogP contribution in [0.15, 0.2) is 72.9 Å². The minimum atomic E-state index is -0.274. The molecule has 0 radical (unpaired) electrons. The van der Waals surface area contributed by atoms with Crippen LogP contribution in [0, 0.1) is 12.7 Å². The van der Waals surface area contributed by atoms with Gasteiger partial charge in [-0.25, -0.2) is 9.07 Å². The highest BCUT2D eigenvalue weighted by atomic mass is 19.1. The number of benzene rings is 3. The Morgan fingerprint density at radius 3 is 2.43 bits per heavy atom. The lowest BCUT2D eigenvalue weighted by atomic mass is 10.1. The predicted molar refractivity (Wildman–Crippen MR) is 118 cm³/mol. The molecule has 4 nitrogen and oxygen atoms in total. The third-order valence-corrected chi connectivity index (χ3v) is 5.17. The fourth-order valence-corrected chi connectivity index (χ4v) is 3.76. The van der Waals surface area contributed by atoms with Crippen molar-refractivity contribution in [2.75, 3.05) is 6.61 Å². The molecule has 0 saturated heterocycles. The first-order valence-corrected chi connectivity index (χ1v) is 9.91. The maximum absolute atomic E-state index is 13.5. The normalized spacial score (nSPS) is 11.3. The standard InChI is InChI=1S/C25H20FN3O/c1-3-30-20-11-5-17(6-12-20)24-22-15-27-23-13-4-16(2)14-21(23)25(22)29(28-24)19-9-7-18(26)8-10-19/h4-15H,3H2,1-2H3. The van der Waals surface area contributed by atoms with Crippen LogP contribution in [0.3, 0.4) is 0 Å². The first-order chi connectivity index (χ1) is 14.6. The maximum atomic E-state index is 13.5. The quantitative estimate of drug-likeness (QED) is 0.369. The minimum absolute atomic E-state index is 0.274. The summed E-state index contributed by atoms with van der Waals surface area (Å²) in [6.45, 7) is 4.64. The van der Waals surface area contributed by atoms with Gasteiger partial charge in [0.2, 0.25) is 0 Å². The molecule has 0 spiro atoms. The first-order valence-electron chi connectivity index (χ1n) is 9.91. The second-order valence-electron chi connectivity index (χ2n) is 7.24. The molecule has 0 N–H and O–H groups in total. The van der Waals surface area contributed by atoms with Crippen LogP contribution in [0.25, 0.3) is 38.8 Å². The van der Waals surface area contributed by atoms with E-state index in [1.807, 2.05) is 54.2 Å². The Bertz CT molecular complexity index is 1360. The van der Waals surface area contributed by atoms with Crippen LogP contribution in [-0.2, 0) is 0 Å². The highest BCUT2D eigenvalue weighted by molar-refractivity contribution is 6.08. The topological polar surface area (TPSA) is 39.9 Å². The Balaban J connectivity index is 1.81. The van der Waals surface area contributed by atoms with E-state index < -0.39 is 0 Å². The fourth-order valence-electron chi connectivity index (χ4n) is 3.76. The molecule has 5 rings (SSSR count). The van der Waals surface area contributed by atoms with Gasteiger partial charge in [0.05, 0.1) is 23.3 Å². The van der Waals surface area contributed by atoms with E-state index in [1.54, 1.807) is 12.1 Å². The van der Waals surface area contributed by atoms with Crippen molar-refractivity contribution in [2.24, 2.45) is 0 Å². The molecule has 0 bridgehead atoms. The number of aromatic nitrogens is 3. The fraction of sp³-hybridized carbons (Fsp3) is 0.120. The van der Waals surface area contributed by atoms with Crippen LogP contribution in [0.5, 0.6) is 5.75 Å². The molecule has 0 aliphatic carbocycles. The number of fused-ring (bicyclic) bond motifs is 3. The third kappa shape index (κ3) is 3.08. The molecule has 0 amide bonds. The molecule has 0 unspecified atom stereocenters. The van der Waals surface area contributed by atoms with Gasteiger partial charge in [0.25, 0.3) is 0 Å². The van der Waals surface area contributed by atoms with Crippen LogP contribution in [0.2, 0.25) is 0 Å².